The van der Waals surface area contributed by atoms with Gasteiger partial charge in [0, 0.05) is 13.1 Å². The summed E-state index contributed by atoms with van der Waals surface area (Å²) < 4.78 is 5.00. The van der Waals surface area contributed by atoms with Crippen molar-refractivity contribution in [2.45, 2.75) is 6.92 Å². The summed E-state index contributed by atoms with van der Waals surface area (Å²) >= 11 is 5.82. The molecule has 7 nitrogen and oxygen atoms in total. The molecule has 0 radical (unpaired) electrons. The molecule has 2 aromatic heterocycles. The van der Waals surface area contributed by atoms with E-state index in [2.05, 4.69) is 20.5 Å². The van der Waals surface area contributed by atoms with Crippen LogP contribution in [-0.2, 0) is 0 Å². The second kappa shape index (κ2) is 4.38. The van der Waals surface area contributed by atoms with Crippen molar-refractivity contribution in [1.29, 1.82) is 0 Å². The van der Waals surface area contributed by atoms with Gasteiger partial charge in [0.2, 0.25) is 5.89 Å². The minimum Gasteiger partial charge on any atom is -0.408 e. The van der Waals surface area contributed by atoms with Gasteiger partial charge in [-0.2, -0.15) is 0 Å². The highest BCUT2D eigenvalue weighted by atomic mass is 35.5. The second-order valence-corrected chi connectivity index (χ2v) is 3.58. The molecule has 3 N–H and O–H groups in total. The van der Waals surface area contributed by atoms with E-state index in [1.807, 2.05) is 0 Å². The molecule has 0 unspecified atom stereocenters. The number of aromatic nitrogens is 3. The van der Waals surface area contributed by atoms with E-state index < -0.39 is 5.91 Å². The van der Waals surface area contributed by atoms with Gasteiger partial charge in [0.25, 0.3) is 5.91 Å². The predicted octanol–water partition coefficient (Wildman–Crippen LogP) is 1.26. The fourth-order valence-corrected chi connectivity index (χ4v) is 1.33. The summed E-state index contributed by atoms with van der Waals surface area (Å²) in [4.78, 5) is 15.5. The number of anilines is 2. The zero-order valence-electron chi connectivity index (χ0n) is 8.77. The Morgan fingerprint density at radius 2 is 2.29 bits per heavy atom. The third-order valence-electron chi connectivity index (χ3n) is 1.87. The van der Waals surface area contributed by atoms with Crippen molar-refractivity contribution >= 4 is 29.3 Å². The van der Waals surface area contributed by atoms with E-state index in [1.165, 1.54) is 12.3 Å². The molecule has 2 aromatic rings. The molecule has 0 spiro atoms. The van der Waals surface area contributed by atoms with Crippen molar-refractivity contribution in [3.05, 3.63) is 28.7 Å². The van der Waals surface area contributed by atoms with Gasteiger partial charge in [0.05, 0.1) is 10.6 Å². The third-order valence-corrected chi connectivity index (χ3v) is 2.17. The van der Waals surface area contributed by atoms with Gasteiger partial charge in [-0.1, -0.05) is 16.7 Å². The van der Waals surface area contributed by atoms with Crippen LogP contribution in [0.1, 0.15) is 16.2 Å². The largest absolute Gasteiger partial charge is 0.408 e. The molecule has 0 aromatic carbocycles. The Hall–Kier alpha value is -2.15. The Morgan fingerprint density at radius 1 is 1.53 bits per heavy atom. The number of carbonyl (C=O) groups is 1. The highest BCUT2D eigenvalue weighted by molar-refractivity contribution is 6.34. The Kier molecular flexibility index (Phi) is 2.92. The van der Waals surface area contributed by atoms with Gasteiger partial charge in [-0.15, -0.1) is 5.10 Å². The summed E-state index contributed by atoms with van der Waals surface area (Å²) in [6.45, 7) is 1.61. The van der Waals surface area contributed by atoms with Crippen LogP contribution in [0, 0.1) is 6.92 Å². The van der Waals surface area contributed by atoms with Crippen molar-refractivity contribution in [1.82, 2.24) is 15.2 Å². The van der Waals surface area contributed by atoms with E-state index in [9.17, 15) is 4.79 Å². The Morgan fingerprint density at radius 3 is 2.94 bits per heavy atom. The number of rotatable bonds is 2. The maximum atomic E-state index is 11.8. The van der Waals surface area contributed by atoms with Crippen LogP contribution in [0.4, 0.5) is 11.8 Å². The molecule has 0 atom stereocenters. The topological polar surface area (TPSA) is 107 Å². The third kappa shape index (κ3) is 2.51. The number of hydrogen-bond donors (Lipinski definition) is 2. The first-order chi connectivity index (χ1) is 8.06. The van der Waals surface area contributed by atoms with Crippen LogP contribution in [0.2, 0.25) is 5.02 Å². The van der Waals surface area contributed by atoms with Gasteiger partial charge in [-0.05, 0) is 6.07 Å². The minimum absolute atomic E-state index is 0.000972. The van der Waals surface area contributed by atoms with Gasteiger partial charge < -0.3 is 10.2 Å². The molecule has 0 aliphatic carbocycles. The molecule has 1 amide bonds. The van der Waals surface area contributed by atoms with Crippen LogP contribution >= 0.6 is 11.6 Å². The highest BCUT2D eigenvalue weighted by Gasteiger charge is 2.14. The van der Waals surface area contributed by atoms with Crippen molar-refractivity contribution in [2.75, 3.05) is 11.1 Å². The average molecular weight is 254 g/mol. The van der Waals surface area contributed by atoms with E-state index in [1.54, 1.807) is 6.92 Å². The van der Waals surface area contributed by atoms with E-state index in [0.717, 1.165) is 0 Å². The van der Waals surface area contributed by atoms with Gasteiger partial charge in [-0.3, -0.25) is 10.1 Å². The molecule has 0 aliphatic rings. The standard InChI is InChI=1S/C9H8ClN5O2/c1-4-14-15-9(17-4)13-8(16)5-2-7(11)12-3-6(5)10/h2-3H,1H3,(H2,11,12)(H,13,15,16). The summed E-state index contributed by atoms with van der Waals surface area (Å²) in [6, 6.07) is 1.36. The van der Waals surface area contributed by atoms with Crippen LogP contribution in [0.3, 0.4) is 0 Å². The number of nitrogen functional groups attached to an aromatic ring is 1. The summed E-state index contributed by atoms with van der Waals surface area (Å²) in [7, 11) is 0. The number of nitrogens with zero attached hydrogens (tertiary/aromatic N) is 3. The van der Waals surface area contributed by atoms with Crippen LogP contribution in [0.5, 0.6) is 0 Å². The zero-order valence-corrected chi connectivity index (χ0v) is 9.52. The summed E-state index contributed by atoms with van der Waals surface area (Å²) in [6.07, 6.45) is 1.30. The molecule has 0 saturated heterocycles. The maximum Gasteiger partial charge on any atom is 0.322 e. The number of hydrogen-bond acceptors (Lipinski definition) is 6. The van der Waals surface area contributed by atoms with E-state index in [4.69, 9.17) is 21.8 Å². The van der Waals surface area contributed by atoms with E-state index >= 15 is 0 Å². The lowest BCUT2D eigenvalue weighted by molar-refractivity contribution is 0.102. The Balaban J connectivity index is 2.22. The molecule has 2 rings (SSSR count). The van der Waals surface area contributed by atoms with Crippen LogP contribution in [0.15, 0.2) is 16.7 Å². The number of amides is 1. The van der Waals surface area contributed by atoms with E-state index in [-0.39, 0.29) is 22.4 Å². The average Bonchev–Trinajstić information content (AvgIpc) is 2.67. The molecule has 2 heterocycles. The van der Waals surface area contributed by atoms with Gasteiger partial charge in [0.1, 0.15) is 5.82 Å². The maximum absolute atomic E-state index is 11.8. The summed E-state index contributed by atoms with van der Waals surface area (Å²) in [5.74, 6) is 0.0506. The molecule has 0 bridgehead atoms. The highest BCUT2D eigenvalue weighted by Crippen LogP contribution is 2.18. The van der Waals surface area contributed by atoms with Crippen molar-refractivity contribution < 1.29 is 9.21 Å². The van der Waals surface area contributed by atoms with Gasteiger partial charge in [0.15, 0.2) is 0 Å². The number of nitrogens with one attached hydrogen (secondary N) is 1. The molecular weight excluding hydrogens is 246 g/mol. The van der Waals surface area contributed by atoms with Crippen LogP contribution in [-0.4, -0.2) is 21.1 Å². The first-order valence-electron chi connectivity index (χ1n) is 4.59. The monoisotopic (exact) mass is 253 g/mol. The Labute approximate surface area is 101 Å². The lowest BCUT2D eigenvalue weighted by Gasteiger charge is -2.03. The number of halogens is 1. The zero-order chi connectivity index (χ0) is 12.4. The van der Waals surface area contributed by atoms with Crippen molar-refractivity contribution in [3.63, 3.8) is 0 Å². The van der Waals surface area contributed by atoms with Gasteiger partial charge >= 0.3 is 6.01 Å². The molecule has 0 aliphatic heterocycles. The number of carbonyl (C=O) groups excluding carboxylic acids is 1. The number of aryl methyl sites for hydroxylation is 1. The SMILES string of the molecule is Cc1nnc(NC(=O)c2cc(N)ncc2Cl)o1. The second-order valence-electron chi connectivity index (χ2n) is 3.17. The number of nitrogens with two attached hydrogens (primary N) is 1. The molecule has 17 heavy (non-hydrogen) atoms. The normalized spacial score (nSPS) is 10.2. The first kappa shape index (κ1) is 11.3. The minimum atomic E-state index is -0.493. The number of pyridine rings is 1. The van der Waals surface area contributed by atoms with Crippen LogP contribution in [0.25, 0.3) is 0 Å². The quantitative estimate of drug-likeness (QED) is 0.834. The lowest BCUT2D eigenvalue weighted by Crippen LogP contribution is -2.13. The molecule has 0 saturated carbocycles. The van der Waals surface area contributed by atoms with E-state index in [0.29, 0.717) is 5.89 Å². The first-order valence-corrected chi connectivity index (χ1v) is 4.96. The molecule has 8 heteroatoms. The Bertz CT molecular complexity index is 568. The van der Waals surface area contributed by atoms with Crippen molar-refractivity contribution in [2.24, 2.45) is 0 Å². The smallest absolute Gasteiger partial charge is 0.322 e. The van der Waals surface area contributed by atoms with Crippen LogP contribution < -0.4 is 11.1 Å². The lowest BCUT2D eigenvalue weighted by atomic mass is 10.2. The molecular formula is C9H8ClN5O2. The molecule has 0 fully saturated rings. The predicted molar refractivity (Wildman–Crippen MR) is 60.6 cm³/mol. The summed E-state index contributed by atoms with van der Waals surface area (Å²) in [5.41, 5.74) is 5.65. The fourth-order valence-electron chi connectivity index (χ4n) is 1.14. The molecule has 88 valence electrons. The van der Waals surface area contributed by atoms with Gasteiger partial charge in [-0.25, -0.2) is 4.98 Å². The summed E-state index contributed by atoms with van der Waals surface area (Å²) in [5, 5.41) is 9.78. The van der Waals surface area contributed by atoms with Crippen molar-refractivity contribution in [3.8, 4) is 0 Å². The fraction of sp³-hybridized carbons (Fsp3) is 0.111.